The van der Waals surface area contributed by atoms with Crippen LogP contribution in [0.4, 0.5) is 5.13 Å². The van der Waals surface area contributed by atoms with E-state index < -0.39 is 52.9 Å². The number of aliphatic carboxylic acids is 2. The molecule has 47 heavy (non-hydrogen) atoms. The van der Waals surface area contributed by atoms with E-state index in [1.807, 2.05) is 42.2 Å². The molecule has 2 amide bonds. The molecule has 0 aliphatic carbocycles. The Morgan fingerprint density at radius 3 is 2.74 bits per heavy atom. The maximum absolute atomic E-state index is 13.5. The van der Waals surface area contributed by atoms with Gasteiger partial charge in [0.25, 0.3) is 11.8 Å². The number of anilines is 1. The number of hydrogen-bond acceptors (Lipinski definition) is 12. The molecule has 0 bridgehead atoms. The van der Waals surface area contributed by atoms with Crippen molar-refractivity contribution in [2.24, 2.45) is 11.1 Å². The second-order valence-corrected chi connectivity index (χ2v) is 13.9. The van der Waals surface area contributed by atoms with E-state index in [4.69, 9.17) is 22.2 Å². The van der Waals surface area contributed by atoms with E-state index in [0.29, 0.717) is 5.57 Å². The predicted octanol–water partition coefficient (Wildman–Crippen LogP) is 0.164. The van der Waals surface area contributed by atoms with Gasteiger partial charge in [-0.15, -0.1) is 11.8 Å². The highest BCUT2D eigenvalue weighted by atomic mass is 35.5. The number of thioether (sulfide) groups is 1. The van der Waals surface area contributed by atoms with E-state index in [1.54, 1.807) is 13.8 Å². The molecule has 0 saturated carbocycles. The van der Waals surface area contributed by atoms with Crippen LogP contribution in [0.5, 0.6) is 0 Å². The SMILES string of the molecule is CNCCCn1ccc2c1ccc[n+]2CC1=C(C(=O)[O-])N2C(=O)C(NC(=O)/C(=N\O[C@@H](C(=O)O)C(C)C)c3nc(N)sc3Cl)C2SC1. The third-order valence-corrected chi connectivity index (χ3v) is 10.1. The van der Waals surface area contributed by atoms with Gasteiger partial charge in [0.1, 0.15) is 27.0 Å². The normalized spacial score (nSPS) is 18.7. The van der Waals surface area contributed by atoms with E-state index in [-0.39, 0.29) is 33.2 Å². The molecule has 3 atom stereocenters. The van der Waals surface area contributed by atoms with Crippen LogP contribution in [0.1, 0.15) is 26.0 Å². The molecular weight excluding hydrogens is 672 g/mol. The Balaban J connectivity index is 1.37. The number of carbonyl (C=O) groups is 4. The van der Waals surface area contributed by atoms with Crippen molar-refractivity contribution in [2.75, 3.05) is 25.1 Å². The molecule has 5 rings (SSSR count). The molecule has 5 N–H and O–H groups in total. The van der Waals surface area contributed by atoms with Gasteiger partial charge in [0.15, 0.2) is 23.6 Å². The number of nitrogens with zero attached hydrogens (tertiary/aromatic N) is 5. The van der Waals surface area contributed by atoms with Crippen molar-refractivity contribution in [1.29, 1.82) is 0 Å². The number of amides is 2. The topological polar surface area (TPSA) is 208 Å². The highest BCUT2D eigenvalue weighted by Crippen LogP contribution is 2.40. The first-order chi connectivity index (χ1) is 22.4. The van der Waals surface area contributed by atoms with Gasteiger partial charge >= 0.3 is 5.97 Å². The summed E-state index contributed by atoms with van der Waals surface area (Å²) < 4.78 is 4.06. The summed E-state index contributed by atoms with van der Waals surface area (Å²) in [4.78, 5) is 61.3. The molecule has 0 aromatic carbocycles. The summed E-state index contributed by atoms with van der Waals surface area (Å²) in [5, 5.41) is 30.7. The van der Waals surface area contributed by atoms with Gasteiger partial charge in [0.2, 0.25) is 11.6 Å². The van der Waals surface area contributed by atoms with Crippen molar-refractivity contribution in [3.05, 3.63) is 51.9 Å². The molecule has 250 valence electrons. The number of thiazole rings is 1. The van der Waals surface area contributed by atoms with E-state index in [0.717, 1.165) is 46.8 Å². The van der Waals surface area contributed by atoms with Gasteiger partial charge in [-0.2, -0.15) is 4.57 Å². The maximum Gasteiger partial charge on any atom is 0.348 e. The number of halogens is 1. The first kappa shape index (κ1) is 34.2. The van der Waals surface area contributed by atoms with Gasteiger partial charge in [-0.25, -0.2) is 9.78 Å². The van der Waals surface area contributed by atoms with Gasteiger partial charge in [-0.05, 0) is 26.1 Å². The fourth-order valence-electron chi connectivity index (χ4n) is 5.40. The number of pyridine rings is 1. The number of aromatic nitrogens is 3. The van der Waals surface area contributed by atoms with Gasteiger partial charge in [-0.3, -0.25) is 14.5 Å². The van der Waals surface area contributed by atoms with Gasteiger partial charge < -0.3 is 40.8 Å². The molecule has 1 fully saturated rings. The first-order valence-corrected chi connectivity index (χ1v) is 16.9. The Kier molecular flexibility index (Phi) is 10.4. The van der Waals surface area contributed by atoms with Crippen molar-refractivity contribution in [3.63, 3.8) is 0 Å². The minimum Gasteiger partial charge on any atom is -0.543 e. The summed E-state index contributed by atoms with van der Waals surface area (Å²) in [5.41, 5.74) is 7.26. The lowest BCUT2D eigenvalue weighted by molar-refractivity contribution is -0.663. The van der Waals surface area contributed by atoms with Crippen molar-refractivity contribution >= 4 is 80.3 Å². The summed E-state index contributed by atoms with van der Waals surface area (Å²) in [6.45, 7) is 5.09. The monoisotopic (exact) mass is 704 g/mol. The second-order valence-electron chi connectivity index (χ2n) is 11.2. The van der Waals surface area contributed by atoms with Gasteiger partial charge in [0.05, 0.1) is 11.7 Å². The summed E-state index contributed by atoms with van der Waals surface area (Å²) in [5.74, 6) is -4.66. The van der Waals surface area contributed by atoms with Gasteiger partial charge in [-0.1, -0.05) is 41.9 Å². The summed E-state index contributed by atoms with van der Waals surface area (Å²) in [7, 11) is 1.90. The Labute approximate surface area is 282 Å². The molecular formula is C29H33ClN8O7S2. The van der Waals surface area contributed by atoms with E-state index in [2.05, 4.69) is 25.3 Å². The van der Waals surface area contributed by atoms with Crippen LogP contribution in [-0.4, -0.2) is 85.9 Å². The highest BCUT2D eigenvalue weighted by Gasteiger charge is 2.53. The summed E-state index contributed by atoms with van der Waals surface area (Å²) >= 11 is 8.38. The number of aryl methyl sites for hydroxylation is 1. The third-order valence-electron chi connectivity index (χ3n) is 7.68. The zero-order chi connectivity index (χ0) is 34.0. The largest absolute Gasteiger partial charge is 0.543 e. The van der Waals surface area contributed by atoms with Crippen LogP contribution < -0.4 is 26.0 Å². The van der Waals surface area contributed by atoms with E-state index in [9.17, 15) is 29.4 Å². The lowest BCUT2D eigenvalue weighted by atomic mass is 10.0. The van der Waals surface area contributed by atoms with Crippen LogP contribution in [-0.2, 0) is 37.1 Å². The highest BCUT2D eigenvalue weighted by molar-refractivity contribution is 8.00. The molecule has 5 heterocycles. The number of β-lactam (4-membered cyclic amide) rings is 1. The first-order valence-electron chi connectivity index (χ1n) is 14.6. The lowest BCUT2D eigenvalue weighted by Crippen LogP contribution is -2.71. The van der Waals surface area contributed by atoms with Crippen LogP contribution in [0.15, 0.2) is 47.0 Å². The smallest absolute Gasteiger partial charge is 0.348 e. The van der Waals surface area contributed by atoms with Crippen LogP contribution >= 0.6 is 34.7 Å². The predicted molar refractivity (Wildman–Crippen MR) is 173 cm³/mol. The molecule has 1 saturated heterocycles. The molecule has 0 spiro atoms. The fraction of sp³-hybridized carbons (Fsp3) is 0.414. The van der Waals surface area contributed by atoms with Crippen molar-refractivity contribution in [2.45, 2.75) is 50.9 Å². The lowest BCUT2D eigenvalue weighted by Gasteiger charge is -2.50. The summed E-state index contributed by atoms with van der Waals surface area (Å²) in [6.07, 6.45) is 3.39. The number of oxime groups is 1. The number of hydrogen-bond donors (Lipinski definition) is 4. The van der Waals surface area contributed by atoms with Crippen LogP contribution in [0.25, 0.3) is 11.0 Å². The molecule has 18 heteroatoms. The van der Waals surface area contributed by atoms with Crippen molar-refractivity contribution in [1.82, 2.24) is 25.1 Å². The van der Waals surface area contributed by atoms with Crippen molar-refractivity contribution < 1.29 is 38.8 Å². The number of nitrogens with one attached hydrogen (secondary N) is 2. The van der Waals surface area contributed by atoms with Crippen molar-refractivity contribution in [3.8, 4) is 0 Å². The number of carbonyl (C=O) groups excluding carboxylic acids is 3. The minimum absolute atomic E-state index is 0.00216. The maximum atomic E-state index is 13.5. The van der Waals surface area contributed by atoms with E-state index in [1.165, 1.54) is 11.8 Å². The Hall–Kier alpha value is -4.19. The third kappa shape index (κ3) is 6.93. The Morgan fingerprint density at radius 2 is 2.11 bits per heavy atom. The zero-order valence-corrected chi connectivity index (χ0v) is 28.0. The van der Waals surface area contributed by atoms with Crippen LogP contribution in [0.2, 0.25) is 4.34 Å². The summed E-state index contributed by atoms with van der Waals surface area (Å²) in [6, 6.07) is 4.72. The number of carboxylic acids is 2. The molecule has 0 radical (unpaired) electrons. The molecule has 3 aromatic rings. The standard InChI is InChI=1S/C29H33ClN8O7S2/c1-14(2)22(28(43)44)45-35-19(18-23(30)47-29(31)34-18)24(39)33-20-25(40)38-21(27(41)42)15(13-46-26(20)38)12-37-9-4-6-16-17(37)7-11-36(16)10-5-8-32-3/h4,6-7,9,11,14,20,22,26,32H,5,8,10,12-13H2,1-3H3,(H4-,31,33,34,39,41,42,43,44)/b35-19-/t20?,22-,26?/m1/s1. The molecule has 2 aliphatic heterocycles. The number of nitrogens with two attached hydrogens (primary N) is 1. The number of rotatable bonds is 14. The van der Waals surface area contributed by atoms with Crippen LogP contribution in [0, 0.1) is 5.92 Å². The zero-order valence-electron chi connectivity index (χ0n) is 25.6. The average molecular weight is 705 g/mol. The fourth-order valence-corrected chi connectivity index (χ4v) is 7.66. The second kappa shape index (κ2) is 14.3. The number of fused-ring (bicyclic) bond motifs is 2. The molecule has 2 unspecified atom stereocenters. The van der Waals surface area contributed by atoms with Crippen LogP contribution in [0.3, 0.4) is 0 Å². The molecule has 2 aliphatic rings. The average Bonchev–Trinajstić information content (AvgIpc) is 3.59. The van der Waals surface area contributed by atoms with Gasteiger partial charge in [0, 0.05) is 42.1 Å². The van der Waals surface area contributed by atoms with E-state index >= 15 is 0 Å². The quantitative estimate of drug-likeness (QED) is 0.0584. The molecule has 3 aromatic heterocycles. The Morgan fingerprint density at radius 1 is 1.34 bits per heavy atom. The number of nitrogen functional groups attached to an aromatic ring is 1. The minimum atomic E-state index is -1.50. The number of carboxylic acid groups (broad SMARTS) is 2. The Bertz CT molecular complexity index is 1790. The molecule has 15 nitrogen and oxygen atoms in total.